The highest BCUT2D eigenvalue weighted by Crippen LogP contribution is 2.49. The highest BCUT2D eigenvalue weighted by Gasteiger charge is 2.42. The van der Waals surface area contributed by atoms with Gasteiger partial charge in [0.2, 0.25) is 17.6 Å². The maximum absolute atomic E-state index is 12.3. The molecule has 0 radical (unpaired) electrons. The van der Waals surface area contributed by atoms with Crippen LogP contribution in [0.3, 0.4) is 0 Å². The molecule has 2 saturated carbocycles. The monoisotopic (exact) mass is 340 g/mol. The predicted octanol–water partition coefficient (Wildman–Crippen LogP) is 3.01. The van der Waals surface area contributed by atoms with Crippen LogP contribution in [0.15, 0.2) is 28.9 Å². The molecule has 4 rings (SSSR count). The number of hydrogen-bond donors (Lipinski definition) is 1. The van der Waals surface area contributed by atoms with Crippen molar-refractivity contribution in [2.24, 2.45) is 17.8 Å². The summed E-state index contributed by atoms with van der Waals surface area (Å²) in [5, 5.41) is 7.11. The summed E-state index contributed by atoms with van der Waals surface area (Å²) in [5.74, 6) is 3.37. The summed E-state index contributed by atoms with van der Waals surface area (Å²) in [6.07, 6.45) is 7.89. The zero-order chi connectivity index (χ0) is 17.2. The molecule has 1 amide bonds. The Hall–Kier alpha value is -2.24. The Labute approximate surface area is 147 Å². The first-order chi connectivity index (χ1) is 12.2. The molecule has 25 heavy (non-hydrogen) atoms. The Balaban J connectivity index is 1.27. The van der Waals surface area contributed by atoms with Gasteiger partial charge in [-0.3, -0.25) is 9.78 Å². The Kier molecular flexibility index (Phi) is 4.51. The first-order valence-corrected chi connectivity index (χ1v) is 9.22. The maximum atomic E-state index is 12.3. The van der Waals surface area contributed by atoms with E-state index >= 15 is 0 Å². The normalized spacial score (nSPS) is 25.9. The first kappa shape index (κ1) is 16.2. The molecule has 0 spiro atoms. The molecule has 2 aromatic heterocycles. The van der Waals surface area contributed by atoms with E-state index in [2.05, 4.69) is 27.4 Å². The predicted molar refractivity (Wildman–Crippen MR) is 92.4 cm³/mol. The number of aromatic nitrogens is 3. The van der Waals surface area contributed by atoms with E-state index in [-0.39, 0.29) is 11.9 Å². The van der Waals surface area contributed by atoms with Gasteiger partial charge in [-0.05, 0) is 56.1 Å². The lowest BCUT2D eigenvalue weighted by Gasteiger charge is -2.28. The van der Waals surface area contributed by atoms with Gasteiger partial charge in [0.25, 0.3) is 0 Å². The summed E-state index contributed by atoms with van der Waals surface area (Å²) in [6, 6.07) is 5.81. The Morgan fingerprint density at radius 3 is 3.00 bits per heavy atom. The van der Waals surface area contributed by atoms with Crippen molar-refractivity contribution in [1.29, 1.82) is 0 Å². The molecule has 6 heteroatoms. The minimum Gasteiger partial charge on any atom is -0.353 e. The quantitative estimate of drug-likeness (QED) is 0.874. The van der Waals surface area contributed by atoms with Crippen molar-refractivity contribution >= 4 is 5.91 Å². The van der Waals surface area contributed by atoms with Crippen LogP contribution in [-0.2, 0) is 11.2 Å². The van der Waals surface area contributed by atoms with Crippen LogP contribution in [0.2, 0.25) is 0 Å². The molecule has 0 aliphatic heterocycles. The van der Waals surface area contributed by atoms with Crippen molar-refractivity contribution in [3.63, 3.8) is 0 Å². The summed E-state index contributed by atoms with van der Waals surface area (Å²) in [5.41, 5.74) is 0.673. The van der Waals surface area contributed by atoms with E-state index in [4.69, 9.17) is 4.52 Å². The number of amides is 1. The van der Waals surface area contributed by atoms with Crippen LogP contribution in [0, 0.1) is 17.8 Å². The lowest BCUT2D eigenvalue weighted by molar-refractivity contribution is -0.122. The second-order valence-corrected chi connectivity index (χ2v) is 7.42. The van der Waals surface area contributed by atoms with Gasteiger partial charge in [-0.25, -0.2) is 0 Å². The summed E-state index contributed by atoms with van der Waals surface area (Å²) in [7, 11) is 0. The first-order valence-electron chi connectivity index (χ1n) is 9.22. The van der Waals surface area contributed by atoms with Crippen LogP contribution in [0.5, 0.6) is 0 Å². The smallest absolute Gasteiger partial charge is 0.227 e. The highest BCUT2D eigenvalue weighted by atomic mass is 16.5. The summed E-state index contributed by atoms with van der Waals surface area (Å²) >= 11 is 0. The molecule has 2 aliphatic carbocycles. The maximum Gasteiger partial charge on any atom is 0.227 e. The second-order valence-electron chi connectivity index (χ2n) is 7.42. The number of aryl methyl sites for hydroxylation is 1. The molecule has 6 nitrogen and oxygen atoms in total. The van der Waals surface area contributed by atoms with E-state index < -0.39 is 0 Å². The molecule has 2 heterocycles. The van der Waals surface area contributed by atoms with E-state index in [1.165, 1.54) is 25.7 Å². The standard InChI is InChI=1S/C19H24N4O2/c1-12(15-11-13-5-6-14(15)10-13)21-17(24)7-8-18-22-19(23-25-18)16-4-2-3-9-20-16/h2-4,9,12-15H,5-8,10-11H2,1H3,(H,21,24). The van der Waals surface area contributed by atoms with Gasteiger partial charge in [0, 0.05) is 25.1 Å². The number of carbonyl (C=O) groups is 1. The van der Waals surface area contributed by atoms with E-state index in [0.717, 1.165) is 11.8 Å². The number of nitrogens with one attached hydrogen (secondary N) is 1. The molecular weight excluding hydrogens is 316 g/mol. The van der Waals surface area contributed by atoms with Crippen molar-refractivity contribution in [3.8, 4) is 11.5 Å². The number of pyridine rings is 1. The fraction of sp³-hybridized carbons (Fsp3) is 0.579. The molecule has 1 N–H and O–H groups in total. The highest BCUT2D eigenvalue weighted by molar-refractivity contribution is 5.76. The van der Waals surface area contributed by atoms with E-state index in [0.29, 0.717) is 36.2 Å². The van der Waals surface area contributed by atoms with Crippen LogP contribution in [0.25, 0.3) is 11.5 Å². The molecule has 2 bridgehead atoms. The van der Waals surface area contributed by atoms with E-state index in [1.54, 1.807) is 6.20 Å². The summed E-state index contributed by atoms with van der Waals surface area (Å²) < 4.78 is 5.23. The third-order valence-electron chi connectivity index (χ3n) is 5.75. The fourth-order valence-electron chi connectivity index (χ4n) is 4.52. The molecule has 2 aliphatic rings. The van der Waals surface area contributed by atoms with Gasteiger partial charge in [-0.2, -0.15) is 4.98 Å². The van der Waals surface area contributed by atoms with Gasteiger partial charge in [0.15, 0.2) is 0 Å². The zero-order valence-corrected chi connectivity index (χ0v) is 14.5. The molecule has 132 valence electrons. The van der Waals surface area contributed by atoms with Crippen LogP contribution in [0.1, 0.15) is 44.9 Å². The number of rotatable bonds is 6. The summed E-state index contributed by atoms with van der Waals surface area (Å²) in [6.45, 7) is 2.15. The second kappa shape index (κ2) is 6.94. The van der Waals surface area contributed by atoms with Gasteiger partial charge in [-0.1, -0.05) is 17.6 Å². The molecule has 0 saturated heterocycles. The van der Waals surface area contributed by atoms with Crippen molar-refractivity contribution in [1.82, 2.24) is 20.4 Å². The Morgan fingerprint density at radius 1 is 1.36 bits per heavy atom. The fourth-order valence-corrected chi connectivity index (χ4v) is 4.52. The van der Waals surface area contributed by atoms with Gasteiger partial charge in [0.05, 0.1) is 0 Å². The van der Waals surface area contributed by atoms with Crippen molar-refractivity contribution in [2.45, 2.75) is 51.5 Å². The summed E-state index contributed by atoms with van der Waals surface area (Å²) in [4.78, 5) is 20.8. The average Bonchev–Trinajstić information content (AvgIpc) is 3.37. The Morgan fingerprint density at radius 2 is 2.28 bits per heavy atom. The number of fused-ring (bicyclic) bond motifs is 2. The van der Waals surface area contributed by atoms with E-state index in [9.17, 15) is 4.79 Å². The zero-order valence-electron chi connectivity index (χ0n) is 14.5. The lowest BCUT2D eigenvalue weighted by atomic mass is 9.84. The Bertz CT molecular complexity index is 730. The van der Waals surface area contributed by atoms with Gasteiger partial charge in [-0.15, -0.1) is 0 Å². The SMILES string of the molecule is CC(NC(=O)CCc1nc(-c2ccccn2)no1)C1CC2CCC1C2. The third kappa shape index (κ3) is 3.57. The molecular formula is C19H24N4O2. The number of hydrogen-bond acceptors (Lipinski definition) is 5. The third-order valence-corrected chi connectivity index (χ3v) is 5.75. The van der Waals surface area contributed by atoms with Crippen molar-refractivity contribution in [2.75, 3.05) is 0 Å². The van der Waals surface area contributed by atoms with E-state index in [1.807, 2.05) is 18.2 Å². The number of carbonyl (C=O) groups excluding carboxylic acids is 1. The molecule has 4 atom stereocenters. The average molecular weight is 340 g/mol. The topological polar surface area (TPSA) is 80.9 Å². The van der Waals surface area contributed by atoms with Crippen LogP contribution >= 0.6 is 0 Å². The van der Waals surface area contributed by atoms with Crippen molar-refractivity contribution in [3.05, 3.63) is 30.3 Å². The number of nitrogens with zero attached hydrogens (tertiary/aromatic N) is 3. The van der Waals surface area contributed by atoms with Crippen LogP contribution in [-0.4, -0.2) is 27.1 Å². The lowest BCUT2D eigenvalue weighted by Crippen LogP contribution is -2.40. The van der Waals surface area contributed by atoms with Crippen molar-refractivity contribution < 1.29 is 9.32 Å². The molecule has 2 aromatic rings. The van der Waals surface area contributed by atoms with Gasteiger partial charge >= 0.3 is 0 Å². The van der Waals surface area contributed by atoms with Gasteiger partial charge < -0.3 is 9.84 Å². The molecule has 2 fully saturated rings. The largest absolute Gasteiger partial charge is 0.353 e. The van der Waals surface area contributed by atoms with Gasteiger partial charge in [0.1, 0.15) is 5.69 Å². The minimum atomic E-state index is 0.0628. The molecule has 0 aromatic carbocycles. The van der Waals surface area contributed by atoms with Crippen LogP contribution < -0.4 is 5.32 Å². The minimum absolute atomic E-state index is 0.0628. The van der Waals surface area contributed by atoms with Crippen LogP contribution in [0.4, 0.5) is 0 Å². The molecule has 4 unspecified atom stereocenters.